The van der Waals surface area contributed by atoms with Crippen LogP contribution in [0.5, 0.6) is 0 Å². The normalized spacial score (nSPS) is 22.3. The minimum atomic E-state index is 0.532. The van der Waals surface area contributed by atoms with Gasteiger partial charge >= 0.3 is 0 Å². The molecule has 1 aromatic rings. The van der Waals surface area contributed by atoms with Crippen LogP contribution in [0.2, 0.25) is 0 Å². The molecule has 3 rings (SSSR count). The maximum Gasteiger partial charge on any atom is 0.146 e. The maximum absolute atomic E-state index is 5.64. The molecule has 0 spiro atoms. The molecule has 7 nitrogen and oxygen atoms in total. The predicted octanol–water partition coefficient (Wildman–Crippen LogP) is -0.215. The van der Waals surface area contributed by atoms with Gasteiger partial charge in [0.05, 0.1) is 19.8 Å². The Balaban J connectivity index is 1.58. The number of hydrogen-bond donors (Lipinski definition) is 1. The molecule has 0 aromatic carbocycles. The molecule has 2 aliphatic heterocycles. The van der Waals surface area contributed by atoms with Crippen LogP contribution in [0.3, 0.4) is 0 Å². The van der Waals surface area contributed by atoms with Crippen LogP contribution in [-0.2, 0) is 18.3 Å². The summed E-state index contributed by atoms with van der Waals surface area (Å²) in [6.07, 6.45) is 2.31. The molecule has 2 fully saturated rings. The minimum absolute atomic E-state index is 0.532. The Bertz CT molecular complexity index is 463. The zero-order valence-electron chi connectivity index (χ0n) is 13.6. The Hall–Kier alpha value is -1.02. The van der Waals surface area contributed by atoms with Crippen molar-refractivity contribution in [3.8, 4) is 0 Å². The number of aromatic nitrogens is 3. The third kappa shape index (κ3) is 3.65. The first-order valence-electron chi connectivity index (χ1n) is 8.38. The first-order chi connectivity index (χ1) is 10.8. The van der Waals surface area contributed by atoms with Crippen molar-refractivity contribution >= 4 is 0 Å². The fraction of sp³-hybridized carbons (Fsp3) is 0.867. The number of hydrogen-bond acceptors (Lipinski definition) is 6. The lowest BCUT2D eigenvalue weighted by Crippen LogP contribution is -2.37. The highest BCUT2D eigenvalue weighted by Gasteiger charge is 2.25. The van der Waals surface area contributed by atoms with E-state index < -0.39 is 0 Å². The molecule has 0 atom stereocenters. The Morgan fingerprint density at radius 2 is 1.82 bits per heavy atom. The monoisotopic (exact) mass is 308 g/mol. The lowest BCUT2D eigenvalue weighted by atomic mass is 9.96. The van der Waals surface area contributed by atoms with E-state index >= 15 is 0 Å². The molecule has 7 heteroatoms. The molecular formula is C15H28N6O. The van der Waals surface area contributed by atoms with Crippen LogP contribution in [0, 0.1) is 0 Å². The second-order valence-electron chi connectivity index (χ2n) is 6.33. The van der Waals surface area contributed by atoms with Crippen molar-refractivity contribution < 1.29 is 4.74 Å². The topological polar surface area (TPSA) is 72.4 Å². The minimum Gasteiger partial charge on any atom is -0.379 e. The molecule has 0 saturated carbocycles. The molecule has 22 heavy (non-hydrogen) atoms. The molecule has 0 bridgehead atoms. The molecule has 2 saturated heterocycles. The van der Waals surface area contributed by atoms with Gasteiger partial charge in [0.1, 0.15) is 11.6 Å². The highest BCUT2D eigenvalue weighted by atomic mass is 16.5. The second-order valence-corrected chi connectivity index (χ2v) is 6.33. The summed E-state index contributed by atoms with van der Waals surface area (Å²) in [7, 11) is 2.11. The summed E-state index contributed by atoms with van der Waals surface area (Å²) in [5.41, 5.74) is 5.64. The molecule has 0 amide bonds. The Morgan fingerprint density at radius 3 is 2.50 bits per heavy atom. The van der Waals surface area contributed by atoms with Crippen molar-refractivity contribution in [1.29, 1.82) is 0 Å². The van der Waals surface area contributed by atoms with Crippen LogP contribution in [0.1, 0.15) is 30.4 Å². The van der Waals surface area contributed by atoms with E-state index in [4.69, 9.17) is 10.5 Å². The maximum atomic E-state index is 5.64. The van der Waals surface area contributed by atoms with Crippen molar-refractivity contribution in [1.82, 2.24) is 24.6 Å². The van der Waals surface area contributed by atoms with Gasteiger partial charge in [-0.15, -0.1) is 10.2 Å². The highest BCUT2D eigenvalue weighted by molar-refractivity contribution is 5.03. The van der Waals surface area contributed by atoms with E-state index in [1.54, 1.807) is 0 Å². The first-order valence-corrected chi connectivity index (χ1v) is 8.38. The van der Waals surface area contributed by atoms with Crippen molar-refractivity contribution in [3.63, 3.8) is 0 Å². The van der Waals surface area contributed by atoms with Crippen molar-refractivity contribution in [2.24, 2.45) is 12.8 Å². The van der Waals surface area contributed by atoms with Crippen molar-refractivity contribution in [3.05, 3.63) is 11.6 Å². The number of morpholine rings is 1. The third-order valence-corrected chi connectivity index (χ3v) is 4.87. The number of nitrogens with two attached hydrogens (primary N) is 1. The second kappa shape index (κ2) is 7.50. The van der Waals surface area contributed by atoms with Crippen LogP contribution >= 0.6 is 0 Å². The van der Waals surface area contributed by atoms with E-state index in [0.717, 1.165) is 83.5 Å². The van der Waals surface area contributed by atoms with Gasteiger partial charge < -0.3 is 19.9 Å². The van der Waals surface area contributed by atoms with Crippen LogP contribution in [0.4, 0.5) is 0 Å². The van der Waals surface area contributed by atoms with E-state index in [1.807, 2.05) is 0 Å². The third-order valence-electron chi connectivity index (χ3n) is 4.87. The van der Waals surface area contributed by atoms with Crippen molar-refractivity contribution in [2.45, 2.75) is 25.3 Å². The molecule has 124 valence electrons. The summed E-state index contributed by atoms with van der Waals surface area (Å²) in [6.45, 7) is 8.49. The van der Waals surface area contributed by atoms with E-state index in [1.165, 1.54) is 0 Å². The largest absolute Gasteiger partial charge is 0.379 e. The average molecular weight is 308 g/mol. The SMILES string of the molecule is Cn1c(CN2CCOCC2)nnc1C1CCN(CCN)CC1. The van der Waals surface area contributed by atoms with Crippen LogP contribution in [0.15, 0.2) is 0 Å². The zero-order chi connectivity index (χ0) is 15.4. The van der Waals surface area contributed by atoms with Gasteiger partial charge in [0.15, 0.2) is 0 Å². The molecule has 2 aliphatic rings. The highest BCUT2D eigenvalue weighted by Crippen LogP contribution is 2.26. The summed E-state index contributed by atoms with van der Waals surface area (Å²) in [4.78, 5) is 4.84. The molecule has 1 aromatic heterocycles. The lowest BCUT2D eigenvalue weighted by molar-refractivity contribution is 0.0326. The number of nitrogens with zero attached hydrogens (tertiary/aromatic N) is 5. The fourth-order valence-corrected chi connectivity index (χ4v) is 3.43. The molecule has 0 unspecified atom stereocenters. The summed E-state index contributed by atoms with van der Waals surface area (Å²) in [5, 5.41) is 8.93. The molecule has 3 heterocycles. The standard InChI is InChI=1S/C15H28N6O/c1-19-14(12-21-8-10-22-11-9-21)17-18-15(19)13-2-5-20(6-3-13)7-4-16/h13H,2-12,16H2,1H3. The van der Waals surface area contributed by atoms with Crippen LogP contribution in [-0.4, -0.2) is 77.0 Å². The van der Waals surface area contributed by atoms with Gasteiger partial charge in [-0.2, -0.15) is 0 Å². The average Bonchev–Trinajstić information content (AvgIpc) is 2.91. The van der Waals surface area contributed by atoms with E-state index in [9.17, 15) is 0 Å². The van der Waals surface area contributed by atoms with E-state index in [2.05, 4.69) is 31.6 Å². The smallest absolute Gasteiger partial charge is 0.146 e. The van der Waals surface area contributed by atoms with Crippen LogP contribution in [0.25, 0.3) is 0 Å². The lowest BCUT2D eigenvalue weighted by Gasteiger charge is -2.31. The van der Waals surface area contributed by atoms with Crippen molar-refractivity contribution in [2.75, 3.05) is 52.5 Å². The van der Waals surface area contributed by atoms with Gasteiger partial charge in [-0.1, -0.05) is 0 Å². The van der Waals surface area contributed by atoms with E-state index in [0.29, 0.717) is 5.92 Å². The number of likely N-dealkylation sites (tertiary alicyclic amines) is 1. The summed E-state index contributed by atoms with van der Waals surface area (Å²) >= 11 is 0. The molecule has 2 N–H and O–H groups in total. The summed E-state index contributed by atoms with van der Waals surface area (Å²) < 4.78 is 7.61. The molecule has 0 aliphatic carbocycles. The van der Waals surface area contributed by atoms with Gasteiger partial charge in [0, 0.05) is 39.1 Å². The quantitative estimate of drug-likeness (QED) is 0.811. The number of ether oxygens (including phenoxy) is 1. The summed E-state index contributed by atoms with van der Waals surface area (Å²) in [6, 6.07) is 0. The van der Waals surface area contributed by atoms with Gasteiger partial charge in [-0.25, -0.2) is 0 Å². The van der Waals surface area contributed by atoms with E-state index in [-0.39, 0.29) is 0 Å². The van der Waals surface area contributed by atoms with Gasteiger partial charge in [-0.3, -0.25) is 4.90 Å². The molecular weight excluding hydrogens is 280 g/mol. The first kappa shape index (κ1) is 15.9. The predicted molar refractivity (Wildman–Crippen MR) is 84.6 cm³/mol. The van der Waals surface area contributed by atoms with Crippen LogP contribution < -0.4 is 5.73 Å². The fourth-order valence-electron chi connectivity index (χ4n) is 3.43. The van der Waals surface area contributed by atoms with Gasteiger partial charge in [0.25, 0.3) is 0 Å². The Labute approximate surface area is 132 Å². The number of piperidine rings is 1. The van der Waals surface area contributed by atoms with Gasteiger partial charge in [-0.05, 0) is 25.9 Å². The van der Waals surface area contributed by atoms with Gasteiger partial charge in [0.2, 0.25) is 0 Å². The Morgan fingerprint density at radius 1 is 1.09 bits per heavy atom. The summed E-state index contributed by atoms with van der Waals surface area (Å²) in [5.74, 6) is 2.75. The zero-order valence-corrected chi connectivity index (χ0v) is 13.6. The molecule has 0 radical (unpaired) electrons. The Kier molecular flexibility index (Phi) is 5.41. The number of rotatable bonds is 5.